The van der Waals surface area contributed by atoms with Gasteiger partial charge in [-0.05, 0) is 37.1 Å². The SMILES string of the molecule is CCCCNC(=O)Cc1c(C)n(C(=O)c2cccc(Cl)c2)c2cc(F)c(O)c(F)c12. The van der Waals surface area contributed by atoms with Crippen molar-refractivity contribution in [1.29, 1.82) is 0 Å². The molecule has 5 nitrogen and oxygen atoms in total. The number of rotatable bonds is 6. The Bertz CT molecular complexity index is 1140. The zero-order chi connectivity index (χ0) is 22.0. The molecule has 0 radical (unpaired) electrons. The van der Waals surface area contributed by atoms with E-state index in [2.05, 4.69) is 5.32 Å². The summed E-state index contributed by atoms with van der Waals surface area (Å²) < 4.78 is 30.1. The van der Waals surface area contributed by atoms with Gasteiger partial charge in [0.2, 0.25) is 5.91 Å². The summed E-state index contributed by atoms with van der Waals surface area (Å²) in [6.07, 6.45) is 1.47. The zero-order valence-corrected chi connectivity index (χ0v) is 17.3. The molecule has 1 aromatic heterocycles. The first-order chi connectivity index (χ1) is 14.3. The van der Waals surface area contributed by atoms with Gasteiger partial charge in [0.15, 0.2) is 17.4 Å². The van der Waals surface area contributed by atoms with Crippen LogP contribution in [-0.4, -0.2) is 28.0 Å². The van der Waals surface area contributed by atoms with E-state index in [1.165, 1.54) is 12.1 Å². The van der Waals surface area contributed by atoms with Crippen LogP contribution in [0.15, 0.2) is 30.3 Å². The van der Waals surface area contributed by atoms with Crippen molar-refractivity contribution in [3.63, 3.8) is 0 Å². The lowest BCUT2D eigenvalue weighted by Gasteiger charge is -2.08. The van der Waals surface area contributed by atoms with Crippen molar-refractivity contribution in [2.75, 3.05) is 6.54 Å². The third-order valence-electron chi connectivity index (χ3n) is 4.95. The summed E-state index contributed by atoms with van der Waals surface area (Å²) in [6, 6.07) is 7.05. The number of halogens is 3. The molecule has 158 valence electrons. The molecule has 8 heteroatoms. The van der Waals surface area contributed by atoms with E-state index >= 15 is 0 Å². The fourth-order valence-corrected chi connectivity index (χ4v) is 3.60. The molecule has 2 N–H and O–H groups in total. The first-order valence-corrected chi connectivity index (χ1v) is 9.91. The minimum Gasteiger partial charge on any atom is -0.503 e. The number of nitrogens with zero attached hydrogens (tertiary/aromatic N) is 1. The molecular formula is C22H21ClF2N2O3. The van der Waals surface area contributed by atoms with Crippen molar-refractivity contribution in [3.05, 3.63) is 63.8 Å². The Labute approximate surface area is 177 Å². The van der Waals surface area contributed by atoms with E-state index in [9.17, 15) is 23.5 Å². The Morgan fingerprint density at radius 2 is 1.97 bits per heavy atom. The van der Waals surface area contributed by atoms with Crippen molar-refractivity contribution in [2.45, 2.75) is 33.1 Å². The van der Waals surface area contributed by atoms with Crippen molar-refractivity contribution in [2.24, 2.45) is 0 Å². The summed E-state index contributed by atoms with van der Waals surface area (Å²) in [5.74, 6) is -4.47. The normalized spacial score (nSPS) is 11.1. The van der Waals surface area contributed by atoms with Gasteiger partial charge in [-0.3, -0.25) is 14.2 Å². The van der Waals surface area contributed by atoms with Gasteiger partial charge in [-0.25, -0.2) is 8.78 Å². The number of hydrogen-bond acceptors (Lipinski definition) is 3. The molecule has 2 aromatic carbocycles. The van der Waals surface area contributed by atoms with Gasteiger partial charge in [0, 0.05) is 34.3 Å². The Morgan fingerprint density at radius 1 is 1.23 bits per heavy atom. The quantitative estimate of drug-likeness (QED) is 0.551. The number of carbonyl (C=O) groups excluding carboxylic acids is 2. The first kappa shape index (κ1) is 21.8. The van der Waals surface area contributed by atoms with Crippen molar-refractivity contribution in [1.82, 2.24) is 9.88 Å². The number of hydrogen-bond donors (Lipinski definition) is 2. The van der Waals surface area contributed by atoms with E-state index in [1.54, 1.807) is 19.1 Å². The maximum Gasteiger partial charge on any atom is 0.262 e. The number of nitrogens with one attached hydrogen (secondary N) is 1. The molecule has 0 unspecified atom stereocenters. The zero-order valence-electron chi connectivity index (χ0n) is 16.6. The molecule has 0 spiro atoms. The van der Waals surface area contributed by atoms with Crippen LogP contribution in [0.1, 0.15) is 41.4 Å². The molecule has 1 amide bonds. The van der Waals surface area contributed by atoms with Gasteiger partial charge in [0.1, 0.15) is 0 Å². The van der Waals surface area contributed by atoms with Gasteiger partial charge in [0.05, 0.1) is 11.9 Å². The van der Waals surface area contributed by atoms with E-state index < -0.39 is 23.3 Å². The minimum absolute atomic E-state index is 0.0679. The highest BCUT2D eigenvalue weighted by Gasteiger charge is 2.27. The third-order valence-corrected chi connectivity index (χ3v) is 5.19. The van der Waals surface area contributed by atoms with Crippen molar-refractivity contribution in [3.8, 4) is 5.75 Å². The van der Waals surface area contributed by atoms with Crippen LogP contribution in [0.4, 0.5) is 8.78 Å². The number of carbonyl (C=O) groups is 2. The van der Waals surface area contributed by atoms with Gasteiger partial charge in [-0.2, -0.15) is 0 Å². The van der Waals surface area contributed by atoms with Crippen molar-refractivity contribution >= 4 is 34.3 Å². The van der Waals surface area contributed by atoms with Gasteiger partial charge in [-0.15, -0.1) is 0 Å². The number of aromatic nitrogens is 1. The summed E-state index contributed by atoms with van der Waals surface area (Å²) in [6.45, 7) is 4.00. The standard InChI is InChI=1S/C22H21ClF2N2O3/c1-3-4-8-26-18(28)10-15-12(2)27(22(30)13-6-5-7-14(23)9-13)17-11-16(24)21(29)20(25)19(15)17/h5-7,9,11,29H,3-4,8,10H2,1-2H3,(H,26,28). The molecule has 0 saturated carbocycles. The predicted octanol–water partition coefficient (Wildman–Crippen LogP) is 4.73. The Morgan fingerprint density at radius 3 is 2.63 bits per heavy atom. The van der Waals surface area contributed by atoms with E-state index in [1.807, 2.05) is 6.92 Å². The molecule has 0 atom stereocenters. The fraction of sp³-hybridized carbons (Fsp3) is 0.273. The molecule has 0 saturated heterocycles. The second-order valence-electron chi connectivity index (χ2n) is 7.01. The molecule has 0 fully saturated rings. The van der Waals surface area contributed by atoms with Crippen LogP contribution in [0.25, 0.3) is 10.9 Å². The summed E-state index contributed by atoms with van der Waals surface area (Å²) in [4.78, 5) is 25.5. The second-order valence-corrected chi connectivity index (χ2v) is 7.45. The number of phenolic OH excluding ortho intramolecular Hbond substituents is 1. The minimum atomic E-state index is -1.21. The lowest BCUT2D eigenvalue weighted by atomic mass is 10.1. The molecule has 30 heavy (non-hydrogen) atoms. The maximum atomic E-state index is 14.8. The summed E-state index contributed by atoms with van der Waals surface area (Å²) in [7, 11) is 0. The molecule has 1 heterocycles. The van der Waals surface area contributed by atoms with Crippen LogP contribution in [0.5, 0.6) is 5.75 Å². The number of amides is 1. The van der Waals surface area contributed by atoms with Crippen LogP contribution in [0.3, 0.4) is 0 Å². The highest BCUT2D eigenvalue weighted by molar-refractivity contribution is 6.31. The van der Waals surface area contributed by atoms with E-state index in [-0.39, 0.29) is 40.1 Å². The number of phenols is 1. The third kappa shape index (κ3) is 4.03. The lowest BCUT2D eigenvalue weighted by molar-refractivity contribution is -0.120. The summed E-state index contributed by atoms with van der Waals surface area (Å²) in [5, 5.41) is 12.7. The number of unbranched alkanes of at least 4 members (excludes halogenated alkanes) is 1. The van der Waals surface area contributed by atoms with Crippen LogP contribution >= 0.6 is 11.6 Å². The monoisotopic (exact) mass is 434 g/mol. The summed E-state index contributed by atoms with van der Waals surface area (Å²) >= 11 is 5.97. The molecule has 0 aliphatic carbocycles. The van der Waals surface area contributed by atoms with Crippen LogP contribution in [-0.2, 0) is 11.2 Å². The molecule has 0 aliphatic heterocycles. The van der Waals surface area contributed by atoms with E-state index in [4.69, 9.17) is 11.6 Å². The topological polar surface area (TPSA) is 71.3 Å². The lowest BCUT2D eigenvalue weighted by Crippen LogP contribution is -2.26. The molecule has 0 bridgehead atoms. The highest BCUT2D eigenvalue weighted by atomic mass is 35.5. The Hall–Kier alpha value is -2.93. The number of fused-ring (bicyclic) bond motifs is 1. The number of aromatic hydroxyl groups is 1. The Balaban J connectivity index is 2.17. The van der Waals surface area contributed by atoms with Crippen LogP contribution in [0, 0.1) is 18.6 Å². The van der Waals surface area contributed by atoms with Crippen molar-refractivity contribution < 1.29 is 23.5 Å². The summed E-state index contributed by atoms with van der Waals surface area (Å²) in [5.41, 5.74) is 0.642. The first-order valence-electron chi connectivity index (χ1n) is 9.54. The van der Waals surface area contributed by atoms with Crippen LogP contribution < -0.4 is 5.32 Å². The van der Waals surface area contributed by atoms with Gasteiger partial charge >= 0.3 is 0 Å². The van der Waals surface area contributed by atoms with E-state index in [0.29, 0.717) is 11.6 Å². The average molecular weight is 435 g/mol. The fourth-order valence-electron chi connectivity index (χ4n) is 3.41. The molecule has 3 aromatic rings. The molecular weight excluding hydrogens is 414 g/mol. The van der Waals surface area contributed by atoms with Gasteiger partial charge < -0.3 is 10.4 Å². The average Bonchev–Trinajstić information content (AvgIpc) is 2.97. The second kappa shape index (κ2) is 8.83. The number of benzene rings is 2. The molecule has 0 aliphatic rings. The maximum absolute atomic E-state index is 14.8. The van der Waals surface area contributed by atoms with E-state index in [0.717, 1.165) is 23.5 Å². The Kier molecular flexibility index (Phi) is 6.41. The van der Waals surface area contributed by atoms with Gasteiger partial charge in [0.25, 0.3) is 5.91 Å². The molecule has 3 rings (SSSR count). The predicted molar refractivity (Wildman–Crippen MR) is 111 cm³/mol. The highest BCUT2D eigenvalue weighted by Crippen LogP contribution is 2.35. The smallest absolute Gasteiger partial charge is 0.262 e. The largest absolute Gasteiger partial charge is 0.503 e. The van der Waals surface area contributed by atoms with Gasteiger partial charge in [-0.1, -0.05) is 31.0 Å². The van der Waals surface area contributed by atoms with Crippen LogP contribution in [0.2, 0.25) is 5.02 Å².